The molecular weight excluding hydrogens is 210 g/mol. The van der Waals surface area contributed by atoms with Gasteiger partial charge in [0.25, 0.3) is 0 Å². The van der Waals surface area contributed by atoms with Crippen LogP contribution in [0.2, 0.25) is 0 Å². The fourth-order valence-electron chi connectivity index (χ4n) is 2.07. The van der Waals surface area contributed by atoms with E-state index in [-0.39, 0.29) is 0 Å². The zero-order valence-electron chi connectivity index (χ0n) is 10.9. The molecule has 17 heavy (non-hydrogen) atoms. The summed E-state index contributed by atoms with van der Waals surface area (Å²) in [6.07, 6.45) is 2.85. The molecule has 2 aromatic rings. The summed E-state index contributed by atoms with van der Waals surface area (Å²) >= 11 is 0. The van der Waals surface area contributed by atoms with Crippen LogP contribution in [0.4, 0.5) is 0 Å². The second kappa shape index (κ2) is 4.32. The summed E-state index contributed by atoms with van der Waals surface area (Å²) in [6, 6.07) is 6.56. The molecule has 90 valence electrons. The number of nitrogens with zero attached hydrogens (tertiary/aromatic N) is 2. The van der Waals surface area contributed by atoms with Gasteiger partial charge < -0.3 is 0 Å². The van der Waals surface area contributed by atoms with E-state index in [0.29, 0.717) is 5.41 Å². The highest BCUT2D eigenvalue weighted by atomic mass is 15.3. The van der Waals surface area contributed by atoms with E-state index in [4.69, 9.17) is 0 Å². The Morgan fingerprint density at radius 2 is 2.00 bits per heavy atom. The lowest BCUT2D eigenvalue weighted by Crippen LogP contribution is -2.09. The number of aromatic amines is 1. The molecule has 0 aliphatic rings. The van der Waals surface area contributed by atoms with Crippen molar-refractivity contribution in [2.45, 2.75) is 34.1 Å². The molecule has 0 spiro atoms. The van der Waals surface area contributed by atoms with E-state index in [2.05, 4.69) is 61.3 Å². The van der Waals surface area contributed by atoms with Crippen LogP contribution < -0.4 is 0 Å². The van der Waals surface area contributed by atoms with Crippen LogP contribution >= 0.6 is 0 Å². The fourth-order valence-corrected chi connectivity index (χ4v) is 2.07. The minimum absolute atomic E-state index is 0.321. The summed E-state index contributed by atoms with van der Waals surface area (Å²) in [7, 11) is 0. The first-order valence-electron chi connectivity index (χ1n) is 5.91. The predicted molar refractivity (Wildman–Crippen MR) is 69.7 cm³/mol. The van der Waals surface area contributed by atoms with Crippen LogP contribution in [0.3, 0.4) is 0 Å². The van der Waals surface area contributed by atoms with Crippen LogP contribution in [-0.4, -0.2) is 15.4 Å². The monoisotopic (exact) mass is 229 g/mol. The lowest BCUT2D eigenvalue weighted by atomic mass is 9.87. The first kappa shape index (κ1) is 11.8. The summed E-state index contributed by atoms with van der Waals surface area (Å²) in [4.78, 5) is 0. The molecule has 1 aromatic heterocycles. The van der Waals surface area contributed by atoms with E-state index in [1.54, 1.807) is 6.20 Å². The van der Waals surface area contributed by atoms with Gasteiger partial charge in [-0.15, -0.1) is 0 Å². The van der Waals surface area contributed by atoms with Crippen LogP contribution in [-0.2, 0) is 6.42 Å². The van der Waals surface area contributed by atoms with Gasteiger partial charge in [-0.3, -0.25) is 0 Å². The standard InChI is InChI=1S/C14H19N3/c1-10-7-11(8-14(2,3)4)5-6-12(10)13-9-15-17-16-13/h5-7,9H,8H2,1-4H3,(H,15,16,17). The van der Waals surface area contributed by atoms with Crippen molar-refractivity contribution >= 4 is 0 Å². The van der Waals surface area contributed by atoms with Gasteiger partial charge in [-0.1, -0.05) is 39.0 Å². The van der Waals surface area contributed by atoms with Gasteiger partial charge in [-0.2, -0.15) is 15.4 Å². The van der Waals surface area contributed by atoms with Crippen molar-refractivity contribution in [3.8, 4) is 11.3 Å². The highest BCUT2D eigenvalue weighted by Crippen LogP contribution is 2.25. The number of nitrogens with one attached hydrogen (secondary N) is 1. The third-order valence-corrected chi connectivity index (χ3v) is 2.72. The van der Waals surface area contributed by atoms with Gasteiger partial charge in [0, 0.05) is 5.56 Å². The number of rotatable bonds is 2. The molecular formula is C14H19N3. The maximum absolute atomic E-state index is 4.12. The van der Waals surface area contributed by atoms with Crippen molar-refractivity contribution in [3.63, 3.8) is 0 Å². The normalized spacial score (nSPS) is 11.8. The zero-order valence-corrected chi connectivity index (χ0v) is 10.9. The molecule has 0 aliphatic heterocycles. The maximum Gasteiger partial charge on any atom is 0.113 e. The minimum atomic E-state index is 0.321. The van der Waals surface area contributed by atoms with Crippen LogP contribution in [0.25, 0.3) is 11.3 Å². The minimum Gasteiger partial charge on any atom is -0.197 e. The summed E-state index contributed by atoms with van der Waals surface area (Å²) in [5.74, 6) is 0. The molecule has 0 saturated heterocycles. The molecule has 0 bridgehead atoms. The van der Waals surface area contributed by atoms with Crippen LogP contribution in [0.5, 0.6) is 0 Å². The number of aromatic nitrogens is 3. The molecule has 0 fully saturated rings. The molecule has 0 saturated carbocycles. The Morgan fingerprint density at radius 3 is 2.53 bits per heavy atom. The van der Waals surface area contributed by atoms with Gasteiger partial charge in [-0.05, 0) is 29.9 Å². The van der Waals surface area contributed by atoms with Gasteiger partial charge in [0.1, 0.15) is 5.69 Å². The molecule has 0 aliphatic carbocycles. The molecule has 0 unspecified atom stereocenters. The quantitative estimate of drug-likeness (QED) is 0.857. The average molecular weight is 229 g/mol. The number of aryl methyl sites for hydroxylation is 1. The highest BCUT2D eigenvalue weighted by Gasteiger charge is 2.12. The molecule has 0 amide bonds. The highest BCUT2D eigenvalue weighted by molar-refractivity contribution is 5.62. The average Bonchev–Trinajstić information content (AvgIpc) is 2.68. The number of hydrogen-bond acceptors (Lipinski definition) is 2. The first-order chi connectivity index (χ1) is 7.96. The summed E-state index contributed by atoms with van der Waals surface area (Å²) in [6.45, 7) is 8.89. The molecule has 3 heteroatoms. The van der Waals surface area contributed by atoms with E-state index in [0.717, 1.165) is 17.7 Å². The van der Waals surface area contributed by atoms with Crippen molar-refractivity contribution < 1.29 is 0 Å². The fraction of sp³-hybridized carbons (Fsp3) is 0.429. The Bertz CT molecular complexity index is 493. The van der Waals surface area contributed by atoms with Gasteiger partial charge in [-0.25, -0.2) is 0 Å². The van der Waals surface area contributed by atoms with E-state index in [9.17, 15) is 0 Å². The molecule has 1 N–H and O–H groups in total. The van der Waals surface area contributed by atoms with Crippen molar-refractivity contribution in [1.82, 2.24) is 15.4 Å². The molecule has 3 nitrogen and oxygen atoms in total. The largest absolute Gasteiger partial charge is 0.197 e. The van der Waals surface area contributed by atoms with Crippen LogP contribution in [0.1, 0.15) is 31.9 Å². The summed E-state index contributed by atoms with van der Waals surface area (Å²) in [5.41, 5.74) is 5.01. The lowest BCUT2D eigenvalue weighted by Gasteiger charge is -2.18. The Labute approximate surface area is 102 Å². The van der Waals surface area contributed by atoms with Gasteiger partial charge >= 0.3 is 0 Å². The Balaban J connectivity index is 2.30. The van der Waals surface area contributed by atoms with E-state index in [1.807, 2.05) is 0 Å². The maximum atomic E-state index is 4.12. The lowest BCUT2D eigenvalue weighted by molar-refractivity contribution is 0.411. The Morgan fingerprint density at radius 1 is 1.24 bits per heavy atom. The number of H-pyrrole nitrogens is 1. The van der Waals surface area contributed by atoms with Crippen molar-refractivity contribution in [2.75, 3.05) is 0 Å². The smallest absolute Gasteiger partial charge is 0.113 e. The Kier molecular flexibility index (Phi) is 3.01. The SMILES string of the molecule is Cc1cc(CC(C)(C)C)ccc1-c1cn[nH]n1. The van der Waals surface area contributed by atoms with Crippen LogP contribution in [0.15, 0.2) is 24.4 Å². The van der Waals surface area contributed by atoms with Crippen molar-refractivity contribution in [2.24, 2.45) is 5.41 Å². The van der Waals surface area contributed by atoms with Gasteiger partial charge in [0.15, 0.2) is 0 Å². The van der Waals surface area contributed by atoms with Crippen molar-refractivity contribution in [3.05, 3.63) is 35.5 Å². The molecule has 1 heterocycles. The Hall–Kier alpha value is -1.64. The third-order valence-electron chi connectivity index (χ3n) is 2.72. The molecule has 1 aromatic carbocycles. The van der Waals surface area contributed by atoms with Crippen LogP contribution in [0, 0.1) is 12.3 Å². The third kappa shape index (κ3) is 2.93. The number of hydrogen-bond donors (Lipinski definition) is 1. The zero-order chi connectivity index (χ0) is 12.5. The van der Waals surface area contributed by atoms with E-state index >= 15 is 0 Å². The summed E-state index contributed by atoms with van der Waals surface area (Å²) in [5, 5.41) is 10.6. The molecule has 0 atom stereocenters. The van der Waals surface area contributed by atoms with Gasteiger partial charge in [0.05, 0.1) is 6.20 Å². The topological polar surface area (TPSA) is 41.6 Å². The first-order valence-corrected chi connectivity index (χ1v) is 5.91. The summed E-state index contributed by atoms with van der Waals surface area (Å²) < 4.78 is 0. The van der Waals surface area contributed by atoms with E-state index < -0.39 is 0 Å². The second-order valence-corrected chi connectivity index (χ2v) is 5.74. The predicted octanol–water partition coefficient (Wildman–Crippen LogP) is 3.37. The molecule has 2 rings (SSSR count). The molecule has 0 radical (unpaired) electrons. The van der Waals surface area contributed by atoms with Crippen molar-refractivity contribution in [1.29, 1.82) is 0 Å². The number of benzene rings is 1. The second-order valence-electron chi connectivity index (χ2n) is 5.74. The van der Waals surface area contributed by atoms with Gasteiger partial charge in [0.2, 0.25) is 0 Å². The van der Waals surface area contributed by atoms with E-state index in [1.165, 1.54) is 11.1 Å².